The van der Waals surface area contributed by atoms with Gasteiger partial charge in [0.1, 0.15) is 5.54 Å². The fourth-order valence-corrected chi connectivity index (χ4v) is 2.15. The molecule has 0 aromatic rings. The second-order valence-corrected chi connectivity index (χ2v) is 5.34. The molecule has 126 valence electrons. The molecule has 4 nitrogen and oxygen atoms in total. The van der Waals surface area contributed by atoms with Gasteiger partial charge in [-0.05, 0) is 45.8 Å². The van der Waals surface area contributed by atoms with E-state index < -0.39 is 18.3 Å². The van der Waals surface area contributed by atoms with Crippen molar-refractivity contribution in [3.63, 3.8) is 0 Å². The number of methoxy groups -OCH3 is 1. The highest BCUT2D eigenvalue weighted by Gasteiger charge is 2.34. The second-order valence-electron chi connectivity index (χ2n) is 5.34. The number of esters is 1. The van der Waals surface area contributed by atoms with E-state index >= 15 is 0 Å². The number of carbonyl (C=O) groups is 1. The van der Waals surface area contributed by atoms with E-state index in [4.69, 9.17) is 4.74 Å². The Morgan fingerprint density at radius 2 is 1.90 bits per heavy atom. The Bertz CT molecular complexity index is 311. The summed E-state index contributed by atoms with van der Waals surface area (Å²) in [6.45, 7) is 5.78. The Morgan fingerprint density at radius 3 is 2.33 bits per heavy atom. The number of rotatable bonds is 10. The highest BCUT2D eigenvalue weighted by Crippen LogP contribution is 2.19. The summed E-state index contributed by atoms with van der Waals surface area (Å²) in [5, 5.41) is 3.12. The van der Waals surface area contributed by atoms with Gasteiger partial charge in [0.05, 0.1) is 13.7 Å². The number of nitrogens with zero attached hydrogens (tertiary/aromatic N) is 1. The topological polar surface area (TPSA) is 41.6 Å². The minimum Gasteiger partial charge on any atom is -0.468 e. The molecule has 0 radical (unpaired) electrons. The summed E-state index contributed by atoms with van der Waals surface area (Å²) in [4.78, 5) is 13.2. The molecule has 0 aromatic carbocycles. The van der Waals surface area contributed by atoms with E-state index in [1.54, 1.807) is 13.8 Å². The maximum Gasteiger partial charge on any atom is 0.401 e. The zero-order chi connectivity index (χ0) is 16.5. The van der Waals surface area contributed by atoms with Crippen LogP contribution in [0.5, 0.6) is 0 Å². The summed E-state index contributed by atoms with van der Waals surface area (Å²) >= 11 is 0. The first-order valence-electron chi connectivity index (χ1n) is 7.31. The Morgan fingerprint density at radius 1 is 1.29 bits per heavy atom. The van der Waals surface area contributed by atoms with Crippen molar-refractivity contribution in [3.8, 4) is 0 Å². The maximum absolute atomic E-state index is 12.4. The van der Waals surface area contributed by atoms with Gasteiger partial charge in [-0.15, -0.1) is 0 Å². The number of alkyl halides is 3. The van der Waals surface area contributed by atoms with Crippen LogP contribution in [0.25, 0.3) is 0 Å². The average Bonchev–Trinajstić information content (AvgIpc) is 2.41. The third-order valence-corrected chi connectivity index (χ3v) is 3.40. The maximum atomic E-state index is 12.4. The van der Waals surface area contributed by atoms with Crippen LogP contribution >= 0.6 is 0 Å². The predicted molar refractivity (Wildman–Crippen MR) is 76.1 cm³/mol. The van der Waals surface area contributed by atoms with E-state index in [2.05, 4.69) is 5.32 Å². The number of nitrogens with one attached hydrogen (secondary N) is 1. The lowest BCUT2D eigenvalue weighted by atomic mass is 9.95. The van der Waals surface area contributed by atoms with Crippen molar-refractivity contribution in [2.24, 2.45) is 0 Å². The van der Waals surface area contributed by atoms with Crippen LogP contribution in [0.2, 0.25) is 0 Å². The van der Waals surface area contributed by atoms with E-state index in [1.165, 1.54) is 12.0 Å². The fourth-order valence-electron chi connectivity index (χ4n) is 2.15. The summed E-state index contributed by atoms with van der Waals surface area (Å²) in [7, 11) is 1.32. The van der Waals surface area contributed by atoms with Crippen LogP contribution in [0.3, 0.4) is 0 Å². The number of carbonyl (C=O) groups excluding carboxylic acids is 1. The van der Waals surface area contributed by atoms with Gasteiger partial charge in [0.25, 0.3) is 0 Å². The molecule has 0 bridgehead atoms. The van der Waals surface area contributed by atoms with Gasteiger partial charge in [-0.2, -0.15) is 13.2 Å². The molecular formula is C14H27F3N2O2. The molecule has 1 atom stereocenters. The highest BCUT2D eigenvalue weighted by atomic mass is 19.4. The summed E-state index contributed by atoms with van der Waals surface area (Å²) in [5.74, 6) is -0.380. The molecule has 0 aliphatic carbocycles. The highest BCUT2D eigenvalue weighted by molar-refractivity contribution is 5.80. The van der Waals surface area contributed by atoms with Gasteiger partial charge in [0.2, 0.25) is 0 Å². The quantitative estimate of drug-likeness (QED) is 0.630. The first-order chi connectivity index (χ1) is 9.68. The van der Waals surface area contributed by atoms with E-state index in [-0.39, 0.29) is 5.97 Å². The average molecular weight is 312 g/mol. The van der Waals surface area contributed by atoms with Crippen LogP contribution in [0.1, 0.15) is 40.0 Å². The zero-order valence-electron chi connectivity index (χ0n) is 13.3. The predicted octanol–water partition coefficient (Wildman–Crippen LogP) is 2.58. The van der Waals surface area contributed by atoms with Gasteiger partial charge in [-0.3, -0.25) is 9.69 Å². The van der Waals surface area contributed by atoms with Gasteiger partial charge < -0.3 is 10.1 Å². The molecule has 0 aliphatic heterocycles. The standard InChI is InChI=1S/C14H27F3N2O2/c1-5-9-18-13(3,12(20)21-4)8-7-10-19(6-2)11-14(15,16)17/h18H,5-11H2,1-4H3. The second kappa shape index (κ2) is 9.25. The smallest absolute Gasteiger partial charge is 0.401 e. The van der Waals surface area contributed by atoms with Gasteiger partial charge in [0, 0.05) is 0 Å². The normalized spacial score (nSPS) is 15.0. The number of hydrogen-bond acceptors (Lipinski definition) is 4. The number of hydrogen-bond donors (Lipinski definition) is 1. The Kier molecular flexibility index (Phi) is 8.89. The van der Waals surface area contributed by atoms with Gasteiger partial charge in [0.15, 0.2) is 0 Å². The molecule has 0 rings (SSSR count). The van der Waals surface area contributed by atoms with Crippen LogP contribution in [0, 0.1) is 0 Å². The molecule has 1 unspecified atom stereocenters. The zero-order valence-corrected chi connectivity index (χ0v) is 13.3. The summed E-state index contributed by atoms with van der Waals surface area (Å²) in [6, 6.07) is 0. The molecule has 0 aromatic heterocycles. The van der Waals surface area contributed by atoms with Crippen molar-refractivity contribution >= 4 is 5.97 Å². The Hall–Kier alpha value is -0.820. The van der Waals surface area contributed by atoms with Crippen molar-refractivity contribution in [1.29, 1.82) is 0 Å². The minimum absolute atomic E-state index is 0.302. The molecule has 21 heavy (non-hydrogen) atoms. The van der Waals surface area contributed by atoms with E-state index in [0.717, 1.165) is 6.42 Å². The minimum atomic E-state index is -4.19. The van der Waals surface area contributed by atoms with Crippen LogP contribution in [-0.4, -0.2) is 55.9 Å². The molecule has 0 aliphatic rings. The van der Waals surface area contributed by atoms with E-state index in [0.29, 0.717) is 32.5 Å². The van der Waals surface area contributed by atoms with Crippen LogP contribution in [0.15, 0.2) is 0 Å². The molecule has 0 fully saturated rings. The molecule has 7 heteroatoms. The van der Waals surface area contributed by atoms with Crippen LogP contribution < -0.4 is 5.32 Å². The van der Waals surface area contributed by atoms with Crippen molar-refractivity contribution < 1.29 is 22.7 Å². The molecule has 0 spiro atoms. The first kappa shape index (κ1) is 20.2. The van der Waals surface area contributed by atoms with Crippen molar-refractivity contribution in [2.75, 3.05) is 33.3 Å². The monoisotopic (exact) mass is 312 g/mol. The van der Waals surface area contributed by atoms with Crippen LogP contribution in [-0.2, 0) is 9.53 Å². The van der Waals surface area contributed by atoms with Crippen molar-refractivity contribution in [1.82, 2.24) is 10.2 Å². The van der Waals surface area contributed by atoms with E-state index in [9.17, 15) is 18.0 Å². The lowest BCUT2D eigenvalue weighted by molar-refractivity contribution is -0.150. The molecule has 0 heterocycles. The van der Waals surface area contributed by atoms with Crippen molar-refractivity contribution in [2.45, 2.75) is 51.7 Å². The van der Waals surface area contributed by atoms with Crippen LogP contribution in [0.4, 0.5) is 13.2 Å². The number of ether oxygens (including phenoxy) is 1. The van der Waals surface area contributed by atoms with Crippen molar-refractivity contribution in [3.05, 3.63) is 0 Å². The third-order valence-electron chi connectivity index (χ3n) is 3.40. The molecular weight excluding hydrogens is 285 g/mol. The van der Waals surface area contributed by atoms with Gasteiger partial charge in [-0.25, -0.2) is 0 Å². The molecule has 0 amide bonds. The summed E-state index contributed by atoms with van der Waals surface area (Å²) in [5.41, 5.74) is -0.845. The fraction of sp³-hybridized carbons (Fsp3) is 0.929. The van der Waals surface area contributed by atoms with E-state index in [1.807, 2.05) is 6.92 Å². The Labute approximate surface area is 125 Å². The third kappa shape index (κ3) is 8.26. The summed E-state index contributed by atoms with van der Waals surface area (Å²) < 4.78 is 41.9. The Balaban J connectivity index is 4.44. The first-order valence-corrected chi connectivity index (χ1v) is 7.31. The largest absolute Gasteiger partial charge is 0.468 e. The molecule has 0 saturated heterocycles. The molecule has 1 N–H and O–H groups in total. The lowest BCUT2D eigenvalue weighted by Crippen LogP contribution is -2.51. The van der Waals surface area contributed by atoms with Gasteiger partial charge in [-0.1, -0.05) is 13.8 Å². The SMILES string of the molecule is CCCNC(C)(CCCN(CC)CC(F)(F)F)C(=O)OC. The summed E-state index contributed by atoms with van der Waals surface area (Å²) in [6.07, 6.45) is -2.40. The lowest BCUT2D eigenvalue weighted by Gasteiger charge is -2.29. The molecule has 0 saturated carbocycles. The number of halogens is 3. The van der Waals surface area contributed by atoms with Gasteiger partial charge >= 0.3 is 12.1 Å².